The highest BCUT2D eigenvalue weighted by atomic mass is 19.1. The van der Waals surface area contributed by atoms with E-state index in [0.717, 1.165) is 24.0 Å². The minimum Gasteiger partial charge on any atom is -0.295 e. The monoisotopic (exact) mass is 220 g/mol. The van der Waals surface area contributed by atoms with Gasteiger partial charge in [0.1, 0.15) is 5.82 Å². The maximum Gasteiger partial charge on any atom is 0.158 e. The van der Waals surface area contributed by atoms with E-state index in [1.807, 2.05) is 0 Å². The number of carbonyl (C=O) groups is 1. The van der Waals surface area contributed by atoms with Gasteiger partial charge in [-0.2, -0.15) is 0 Å². The summed E-state index contributed by atoms with van der Waals surface area (Å²) >= 11 is 0. The van der Waals surface area contributed by atoms with Gasteiger partial charge in [-0.3, -0.25) is 4.79 Å². The minimum absolute atomic E-state index is 0.172. The standard InChI is InChI=1S/C14H17FO/c1-3-4-5-14(16)11(2)10-12-6-8-13(15)9-7-12/h6-10H,3-5H2,1-2H3. The Hall–Kier alpha value is -1.44. The molecule has 0 aliphatic carbocycles. The van der Waals surface area contributed by atoms with E-state index in [4.69, 9.17) is 0 Å². The van der Waals surface area contributed by atoms with Crippen molar-refractivity contribution in [3.63, 3.8) is 0 Å². The summed E-state index contributed by atoms with van der Waals surface area (Å²) in [6, 6.07) is 6.14. The molecule has 0 spiro atoms. The SMILES string of the molecule is CCCCC(=O)C(C)=Cc1ccc(F)cc1. The second-order valence-electron chi connectivity index (χ2n) is 3.91. The molecule has 0 radical (unpaired) electrons. The molecule has 0 N–H and O–H groups in total. The smallest absolute Gasteiger partial charge is 0.158 e. The molecule has 0 saturated carbocycles. The number of unbranched alkanes of at least 4 members (excludes halogenated alkanes) is 1. The Morgan fingerprint density at radius 2 is 1.94 bits per heavy atom. The number of carbonyl (C=O) groups excluding carboxylic acids is 1. The number of halogens is 1. The van der Waals surface area contributed by atoms with Crippen molar-refractivity contribution < 1.29 is 9.18 Å². The molecule has 0 heterocycles. The zero-order valence-electron chi connectivity index (χ0n) is 9.79. The third-order valence-electron chi connectivity index (χ3n) is 2.45. The summed E-state index contributed by atoms with van der Waals surface area (Å²) in [6.45, 7) is 3.87. The van der Waals surface area contributed by atoms with E-state index in [1.165, 1.54) is 12.1 Å². The summed E-state index contributed by atoms with van der Waals surface area (Å²) in [5.41, 5.74) is 1.60. The van der Waals surface area contributed by atoms with Crippen LogP contribution in [0, 0.1) is 5.82 Å². The number of allylic oxidation sites excluding steroid dienone is 1. The van der Waals surface area contributed by atoms with Gasteiger partial charge in [-0.25, -0.2) is 4.39 Å². The van der Waals surface area contributed by atoms with E-state index in [0.29, 0.717) is 6.42 Å². The first-order valence-corrected chi connectivity index (χ1v) is 5.60. The molecule has 1 nitrogen and oxygen atoms in total. The lowest BCUT2D eigenvalue weighted by Gasteiger charge is -2.00. The number of rotatable bonds is 5. The number of benzene rings is 1. The van der Waals surface area contributed by atoms with E-state index in [-0.39, 0.29) is 11.6 Å². The third-order valence-corrected chi connectivity index (χ3v) is 2.45. The zero-order chi connectivity index (χ0) is 12.0. The molecule has 0 atom stereocenters. The second kappa shape index (κ2) is 6.21. The molecule has 0 bridgehead atoms. The molecule has 0 unspecified atom stereocenters. The molecular formula is C14H17FO. The lowest BCUT2D eigenvalue weighted by atomic mass is 10.0. The number of hydrogen-bond acceptors (Lipinski definition) is 1. The molecule has 0 saturated heterocycles. The highest BCUT2D eigenvalue weighted by Gasteiger charge is 2.03. The molecule has 2 heteroatoms. The molecular weight excluding hydrogens is 203 g/mol. The first-order chi connectivity index (χ1) is 7.63. The largest absolute Gasteiger partial charge is 0.295 e. The van der Waals surface area contributed by atoms with Crippen molar-refractivity contribution in [3.05, 3.63) is 41.2 Å². The van der Waals surface area contributed by atoms with Gasteiger partial charge < -0.3 is 0 Å². The lowest BCUT2D eigenvalue weighted by molar-refractivity contribution is -0.115. The fourth-order valence-electron chi connectivity index (χ4n) is 1.42. The molecule has 0 aliphatic heterocycles. The van der Waals surface area contributed by atoms with Gasteiger partial charge in [-0.15, -0.1) is 0 Å². The first-order valence-electron chi connectivity index (χ1n) is 5.60. The molecule has 86 valence electrons. The van der Waals surface area contributed by atoms with Crippen LogP contribution in [0.25, 0.3) is 6.08 Å². The molecule has 0 aromatic heterocycles. The number of ketones is 1. The Kier molecular flexibility index (Phi) is 4.90. The van der Waals surface area contributed by atoms with Crippen molar-refractivity contribution in [3.8, 4) is 0 Å². The topological polar surface area (TPSA) is 17.1 Å². The Balaban J connectivity index is 2.68. The van der Waals surface area contributed by atoms with Gasteiger partial charge in [0, 0.05) is 6.42 Å². The van der Waals surface area contributed by atoms with Crippen LogP contribution in [0.3, 0.4) is 0 Å². The molecule has 0 fully saturated rings. The highest BCUT2D eigenvalue weighted by Crippen LogP contribution is 2.11. The van der Waals surface area contributed by atoms with Crippen LogP contribution in [0.2, 0.25) is 0 Å². The maximum absolute atomic E-state index is 12.7. The normalized spacial score (nSPS) is 11.6. The maximum atomic E-state index is 12.7. The number of hydrogen-bond donors (Lipinski definition) is 0. The summed E-state index contributed by atoms with van der Waals surface area (Å²) in [5.74, 6) is -0.0849. The lowest BCUT2D eigenvalue weighted by Crippen LogP contribution is -1.98. The average molecular weight is 220 g/mol. The van der Waals surface area contributed by atoms with Crippen molar-refractivity contribution in [2.24, 2.45) is 0 Å². The van der Waals surface area contributed by atoms with Crippen molar-refractivity contribution in [2.75, 3.05) is 0 Å². The molecule has 16 heavy (non-hydrogen) atoms. The molecule has 0 amide bonds. The predicted octanol–water partition coefficient (Wildman–Crippen LogP) is 3.99. The van der Waals surface area contributed by atoms with Gasteiger partial charge in [0.2, 0.25) is 0 Å². The molecule has 1 aromatic rings. The van der Waals surface area contributed by atoms with Crippen molar-refractivity contribution >= 4 is 11.9 Å². The average Bonchev–Trinajstić information content (AvgIpc) is 2.29. The van der Waals surface area contributed by atoms with Gasteiger partial charge in [0.15, 0.2) is 5.78 Å². The Labute approximate surface area is 96.0 Å². The number of Topliss-reactive ketones (excluding diaryl/α,β-unsaturated/α-hetero) is 1. The highest BCUT2D eigenvalue weighted by molar-refractivity contribution is 5.98. The summed E-state index contributed by atoms with van der Waals surface area (Å²) < 4.78 is 12.7. The molecule has 1 aromatic carbocycles. The Morgan fingerprint density at radius 3 is 2.50 bits per heavy atom. The van der Waals surface area contributed by atoms with E-state index < -0.39 is 0 Å². The predicted molar refractivity (Wildman–Crippen MR) is 64.6 cm³/mol. The van der Waals surface area contributed by atoms with Gasteiger partial charge in [0.05, 0.1) is 0 Å². The van der Waals surface area contributed by atoms with Crippen LogP contribution in [0.4, 0.5) is 4.39 Å². The van der Waals surface area contributed by atoms with Crippen LogP contribution in [-0.2, 0) is 4.79 Å². The molecule has 0 aliphatic rings. The van der Waals surface area contributed by atoms with Crippen molar-refractivity contribution in [1.82, 2.24) is 0 Å². The second-order valence-corrected chi connectivity index (χ2v) is 3.91. The van der Waals surface area contributed by atoms with Gasteiger partial charge in [-0.1, -0.05) is 25.5 Å². The van der Waals surface area contributed by atoms with Gasteiger partial charge >= 0.3 is 0 Å². The Bertz CT molecular complexity index is 376. The van der Waals surface area contributed by atoms with Crippen LogP contribution in [0.5, 0.6) is 0 Å². The fourth-order valence-corrected chi connectivity index (χ4v) is 1.42. The van der Waals surface area contributed by atoms with Gasteiger partial charge in [0.25, 0.3) is 0 Å². The summed E-state index contributed by atoms with van der Waals surface area (Å²) in [5, 5.41) is 0. The van der Waals surface area contributed by atoms with Gasteiger partial charge in [-0.05, 0) is 42.7 Å². The first kappa shape index (κ1) is 12.6. The zero-order valence-corrected chi connectivity index (χ0v) is 9.79. The van der Waals surface area contributed by atoms with Crippen LogP contribution >= 0.6 is 0 Å². The summed E-state index contributed by atoms with van der Waals surface area (Å²) in [6.07, 6.45) is 4.35. The quantitative estimate of drug-likeness (QED) is 0.686. The third kappa shape index (κ3) is 3.97. The van der Waals surface area contributed by atoms with E-state index in [2.05, 4.69) is 6.92 Å². The van der Waals surface area contributed by atoms with Crippen LogP contribution in [0.1, 0.15) is 38.7 Å². The Morgan fingerprint density at radius 1 is 1.31 bits per heavy atom. The van der Waals surface area contributed by atoms with Crippen molar-refractivity contribution in [1.29, 1.82) is 0 Å². The van der Waals surface area contributed by atoms with E-state index >= 15 is 0 Å². The van der Waals surface area contributed by atoms with Crippen molar-refractivity contribution in [2.45, 2.75) is 33.1 Å². The van der Waals surface area contributed by atoms with Crippen LogP contribution < -0.4 is 0 Å². The van der Waals surface area contributed by atoms with E-state index in [9.17, 15) is 9.18 Å². The van der Waals surface area contributed by atoms with Crippen LogP contribution in [0.15, 0.2) is 29.8 Å². The van der Waals surface area contributed by atoms with E-state index in [1.54, 1.807) is 25.1 Å². The van der Waals surface area contributed by atoms with Crippen LogP contribution in [-0.4, -0.2) is 5.78 Å². The molecule has 1 rings (SSSR count). The fraction of sp³-hybridized carbons (Fsp3) is 0.357. The summed E-state index contributed by atoms with van der Waals surface area (Å²) in [7, 11) is 0. The minimum atomic E-state index is -0.257. The summed E-state index contributed by atoms with van der Waals surface area (Å²) in [4.78, 5) is 11.6.